The molecule has 0 radical (unpaired) electrons. The number of hydrogen-bond acceptors (Lipinski definition) is 4. The summed E-state index contributed by atoms with van der Waals surface area (Å²) in [6, 6.07) is 15.8. The lowest BCUT2D eigenvalue weighted by molar-refractivity contribution is -0.137. The van der Waals surface area contributed by atoms with Crippen LogP contribution >= 0.6 is 0 Å². The van der Waals surface area contributed by atoms with Crippen molar-refractivity contribution in [1.82, 2.24) is 14.4 Å². The van der Waals surface area contributed by atoms with E-state index in [0.717, 1.165) is 29.2 Å². The first-order chi connectivity index (χ1) is 16.4. The molecule has 1 aliphatic heterocycles. The van der Waals surface area contributed by atoms with Gasteiger partial charge in [0.15, 0.2) is 0 Å². The summed E-state index contributed by atoms with van der Waals surface area (Å²) >= 11 is 0. The van der Waals surface area contributed by atoms with Gasteiger partial charge in [-0.05, 0) is 49.2 Å². The number of benzene rings is 1. The van der Waals surface area contributed by atoms with Gasteiger partial charge in [-0.1, -0.05) is 18.2 Å². The Morgan fingerprint density at radius 2 is 1.76 bits per heavy atom. The van der Waals surface area contributed by atoms with Gasteiger partial charge < -0.3 is 14.6 Å². The molecule has 5 rings (SSSR count). The lowest BCUT2D eigenvalue weighted by atomic mass is 9.95. The van der Waals surface area contributed by atoms with E-state index < -0.39 is 11.7 Å². The van der Waals surface area contributed by atoms with Gasteiger partial charge in [0.1, 0.15) is 11.5 Å². The van der Waals surface area contributed by atoms with Crippen LogP contribution in [-0.4, -0.2) is 33.4 Å². The molecule has 1 saturated heterocycles. The molecule has 0 unspecified atom stereocenters. The van der Waals surface area contributed by atoms with Crippen molar-refractivity contribution in [1.29, 1.82) is 0 Å². The van der Waals surface area contributed by atoms with Crippen molar-refractivity contribution in [2.75, 3.05) is 23.3 Å². The van der Waals surface area contributed by atoms with Gasteiger partial charge in [0.2, 0.25) is 5.91 Å². The highest BCUT2D eigenvalue weighted by Crippen LogP contribution is 2.30. The maximum atomic E-state index is 12.8. The van der Waals surface area contributed by atoms with E-state index in [2.05, 4.69) is 15.3 Å². The monoisotopic (exact) mass is 465 g/mol. The molecule has 6 nitrogen and oxygen atoms in total. The molecule has 174 valence electrons. The van der Waals surface area contributed by atoms with Crippen LogP contribution in [0, 0.1) is 5.92 Å². The van der Waals surface area contributed by atoms with Gasteiger partial charge in [-0.25, -0.2) is 9.97 Å². The Morgan fingerprint density at radius 1 is 1.00 bits per heavy atom. The second-order valence-electron chi connectivity index (χ2n) is 8.32. The third-order valence-corrected chi connectivity index (χ3v) is 6.08. The summed E-state index contributed by atoms with van der Waals surface area (Å²) in [7, 11) is 0. The number of carbonyl (C=O) groups excluding carboxylic acids is 1. The van der Waals surface area contributed by atoms with Crippen LogP contribution < -0.4 is 10.2 Å². The summed E-state index contributed by atoms with van der Waals surface area (Å²) in [6.45, 7) is 1.12. The number of rotatable bonds is 4. The summed E-state index contributed by atoms with van der Waals surface area (Å²) in [5, 5.41) is 2.97. The van der Waals surface area contributed by atoms with Gasteiger partial charge in [0.25, 0.3) is 0 Å². The molecule has 4 aromatic rings. The quantitative estimate of drug-likeness (QED) is 0.446. The highest BCUT2D eigenvalue weighted by Gasteiger charge is 2.31. The van der Waals surface area contributed by atoms with E-state index in [1.54, 1.807) is 0 Å². The third kappa shape index (κ3) is 4.59. The van der Waals surface area contributed by atoms with Crippen molar-refractivity contribution in [3.05, 3.63) is 78.8 Å². The Kier molecular flexibility index (Phi) is 5.69. The molecule has 34 heavy (non-hydrogen) atoms. The number of alkyl halides is 3. The molecule has 0 aliphatic carbocycles. The number of nitrogens with zero attached hydrogens (tertiary/aromatic N) is 4. The Hall–Kier alpha value is -3.88. The van der Waals surface area contributed by atoms with Crippen molar-refractivity contribution in [3.63, 3.8) is 0 Å². The standard InChI is InChI=1S/C25H22F3N5O/c26-25(27,28)19-6-9-22(29-15-19)32-13-10-18(11-14-32)24(34)30-20-7-4-17(5-8-20)21-16-33-12-2-1-3-23(33)31-21/h1-9,12,15-16,18H,10-11,13-14H2,(H,30,34). The van der Waals surface area contributed by atoms with Crippen molar-refractivity contribution in [2.45, 2.75) is 19.0 Å². The number of imidazole rings is 1. The largest absolute Gasteiger partial charge is 0.417 e. The van der Waals surface area contributed by atoms with Crippen molar-refractivity contribution < 1.29 is 18.0 Å². The summed E-state index contributed by atoms with van der Waals surface area (Å²) in [5.41, 5.74) is 2.63. The SMILES string of the molecule is O=C(Nc1ccc(-c2cn3ccccc3n2)cc1)C1CCN(c2ccc(C(F)(F)F)cn2)CC1. The van der Waals surface area contributed by atoms with Gasteiger partial charge in [-0.15, -0.1) is 0 Å². The zero-order chi connectivity index (χ0) is 23.7. The number of amides is 1. The first kappa shape index (κ1) is 21.9. The minimum atomic E-state index is -4.40. The van der Waals surface area contributed by atoms with E-state index in [4.69, 9.17) is 0 Å². The molecular formula is C25H22F3N5O. The van der Waals surface area contributed by atoms with Gasteiger partial charge in [0.05, 0.1) is 11.3 Å². The fourth-order valence-electron chi connectivity index (χ4n) is 4.15. The Morgan fingerprint density at radius 3 is 2.41 bits per heavy atom. The van der Waals surface area contributed by atoms with E-state index in [1.165, 1.54) is 6.07 Å². The smallest absolute Gasteiger partial charge is 0.357 e. The molecule has 1 fully saturated rings. The van der Waals surface area contributed by atoms with Gasteiger partial charge >= 0.3 is 6.18 Å². The Balaban J connectivity index is 1.17. The van der Waals surface area contributed by atoms with E-state index in [1.807, 2.05) is 64.2 Å². The van der Waals surface area contributed by atoms with Crippen LogP contribution in [-0.2, 0) is 11.0 Å². The predicted molar refractivity (Wildman–Crippen MR) is 123 cm³/mol. The van der Waals surface area contributed by atoms with Gasteiger partial charge in [-0.3, -0.25) is 4.79 Å². The average Bonchev–Trinajstić information content (AvgIpc) is 3.28. The van der Waals surface area contributed by atoms with Crippen LogP contribution in [0.25, 0.3) is 16.9 Å². The zero-order valence-corrected chi connectivity index (χ0v) is 18.2. The summed E-state index contributed by atoms with van der Waals surface area (Å²) in [4.78, 5) is 23.2. The second-order valence-corrected chi connectivity index (χ2v) is 8.32. The molecule has 0 atom stereocenters. The molecule has 1 aromatic carbocycles. The predicted octanol–water partition coefficient (Wildman–Crippen LogP) is 5.27. The molecule has 0 bridgehead atoms. The molecule has 9 heteroatoms. The fraction of sp³-hybridized carbons (Fsp3) is 0.240. The van der Waals surface area contributed by atoms with Crippen molar-refractivity contribution >= 4 is 23.1 Å². The zero-order valence-electron chi connectivity index (χ0n) is 18.2. The number of nitrogens with one attached hydrogen (secondary N) is 1. The number of piperidine rings is 1. The van der Waals surface area contributed by atoms with E-state index in [-0.39, 0.29) is 11.8 Å². The van der Waals surface area contributed by atoms with E-state index >= 15 is 0 Å². The van der Waals surface area contributed by atoms with Gasteiger partial charge in [0, 0.05) is 48.8 Å². The first-order valence-electron chi connectivity index (χ1n) is 11.0. The summed E-state index contributed by atoms with van der Waals surface area (Å²) < 4.78 is 40.2. The van der Waals surface area contributed by atoms with Crippen LogP contribution in [0.15, 0.2) is 73.2 Å². The molecule has 1 aliphatic rings. The fourth-order valence-corrected chi connectivity index (χ4v) is 4.15. The minimum Gasteiger partial charge on any atom is -0.357 e. The summed E-state index contributed by atoms with van der Waals surface area (Å²) in [5.74, 6) is 0.277. The van der Waals surface area contributed by atoms with E-state index in [0.29, 0.717) is 37.4 Å². The highest BCUT2D eigenvalue weighted by molar-refractivity contribution is 5.93. The molecule has 4 heterocycles. The first-order valence-corrected chi connectivity index (χ1v) is 11.0. The molecule has 3 aromatic heterocycles. The normalized spacial score (nSPS) is 15.0. The summed E-state index contributed by atoms with van der Waals surface area (Å²) in [6.07, 6.45) is 1.56. The van der Waals surface area contributed by atoms with Crippen molar-refractivity contribution in [2.24, 2.45) is 5.92 Å². The maximum absolute atomic E-state index is 12.8. The second kappa shape index (κ2) is 8.81. The van der Waals surface area contributed by atoms with Gasteiger partial charge in [-0.2, -0.15) is 13.2 Å². The van der Waals surface area contributed by atoms with Crippen LogP contribution in [0.4, 0.5) is 24.7 Å². The number of carbonyl (C=O) groups is 1. The molecule has 0 spiro atoms. The van der Waals surface area contributed by atoms with Crippen LogP contribution in [0.2, 0.25) is 0 Å². The number of aromatic nitrogens is 3. The molecule has 1 N–H and O–H groups in total. The molecule has 1 amide bonds. The lowest BCUT2D eigenvalue weighted by Gasteiger charge is -2.32. The van der Waals surface area contributed by atoms with Crippen LogP contribution in [0.1, 0.15) is 18.4 Å². The average molecular weight is 465 g/mol. The molecule has 0 saturated carbocycles. The maximum Gasteiger partial charge on any atom is 0.417 e. The number of anilines is 2. The minimum absolute atomic E-state index is 0.0551. The Labute approximate surface area is 194 Å². The van der Waals surface area contributed by atoms with Crippen LogP contribution in [0.3, 0.4) is 0 Å². The molecular weight excluding hydrogens is 443 g/mol. The number of hydrogen-bond donors (Lipinski definition) is 1. The number of fused-ring (bicyclic) bond motifs is 1. The van der Waals surface area contributed by atoms with Crippen LogP contribution in [0.5, 0.6) is 0 Å². The van der Waals surface area contributed by atoms with Crippen molar-refractivity contribution in [3.8, 4) is 11.3 Å². The third-order valence-electron chi connectivity index (χ3n) is 6.08. The Bertz CT molecular complexity index is 1260. The lowest BCUT2D eigenvalue weighted by Crippen LogP contribution is -2.38. The topological polar surface area (TPSA) is 62.5 Å². The highest BCUT2D eigenvalue weighted by atomic mass is 19.4. The van der Waals surface area contributed by atoms with E-state index in [9.17, 15) is 18.0 Å². The number of pyridine rings is 2. The number of halogens is 3.